The van der Waals surface area contributed by atoms with Crippen molar-refractivity contribution >= 4 is 46.9 Å². The number of Topliss-reactive ketones (excluding diaryl/α,β-unsaturated/α-hetero) is 3. The van der Waals surface area contributed by atoms with Gasteiger partial charge in [0, 0.05) is 49.5 Å². The fraction of sp³-hybridized carbons (Fsp3) is 0.800. The van der Waals surface area contributed by atoms with Gasteiger partial charge in [0.05, 0.1) is 18.1 Å². The van der Waals surface area contributed by atoms with Crippen LogP contribution in [0.5, 0.6) is 0 Å². The third kappa shape index (κ3) is 13.9. The Hall–Kier alpha value is -3.64. The number of rotatable bonds is 23. The molecule has 0 aromatic rings. The van der Waals surface area contributed by atoms with E-state index >= 15 is 0 Å². The molecule has 302 valence electrons. The highest BCUT2D eigenvalue weighted by atomic mass is 16.4. The summed E-state index contributed by atoms with van der Waals surface area (Å²) in [4.78, 5) is 106. The minimum Gasteiger partial charge on any atom is -0.480 e. The number of carboxylic acid groups (broad SMARTS) is 1. The lowest BCUT2D eigenvalue weighted by Gasteiger charge is -2.29. The average molecular weight is 749 g/mol. The molecule has 53 heavy (non-hydrogen) atoms. The first-order chi connectivity index (χ1) is 24.6. The Labute approximate surface area is 316 Å². The van der Waals surface area contributed by atoms with Gasteiger partial charge in [-0.05, 0) is 49.4 Å². The van der Waals surface area contributed by atoms with Gasteiger partial charge in [-0.25, -0.2) is 4.79 Å². The average Bonchev–Trinajstić information content (AvgIpc) is 3.58. The lowest BCUT2D eigenvalue weighted by molar-refractivity contribution is -0.150. The lowest BCUT2D eigenvalue weighted by Crippen LogP contribution is -2.51. The summed E-state index contributed by atoms with van der Waals surface area (Å²) in [7, 11) is 0. The zero-order chi connectivity index (χ0) is 40.9. The number of carboxylic acids is 1. The predicted molar refractivity (Wildman–Crippen MR) is 202 cm³/mol. The molecule has 1 aliphatic rings. The van der Waals surface area contributed by atoms with Gasteiger partial charge < -0.3 is 26.0 Å². The zero-order valence-electron chi connectivity index (χ0n) is 34.2. The van der Waals surface area contributed by atoms with E-state index < -0.39 is 65.6 Å². The molecular weight excluding hydrogens is 680 g/mol. The first kappa shape index (κ1) is 47.4. The largest absolute Gasteiger partial charge is 0.480 e. The van der Waals surface area contributed by atoms with Gasteiger partial charge in [-0.15, -0.1) is 0 Å². The Bertz CT molecular complexity index is 1310. The molecule has 1 fully saturated rings. The second-order valence-corrected chi connectivity index (χ2v) is 16.4. The van der Waals surface area contributed by atoms with Crippen LogP contribution in [0.4, 0.5) is 0 Å². The van der Waals surface area contributed by atoms with E-state index in [0.717, 1.165) is 0 Å². The maximum atomic E-state index is 13.8. The van der Waals surface area contributed by atoms with Gasteiger partial charge in [0.2, 0.25) is 23.6 Å². The highest BCUT2D eigenvalue weighted by molar-refractivity contribution is 5.97. The monoisotopic (exact) mass is 748 g/mol. The Morgan fingerprint density at radius 2 is 1.15 bits per heavy atom. The number of nitrogens with zero attached hydrogens (tertiary/aromatic N) is 1. The van der Waals surface area contributed by atoms with Crippen molar-refractivity contribution in [2.75, 3.05) is 6.54 Å². The summed E-state index contributed by atoms with van der Waals surface area (Å²) in [5, 5.41) is 18.0. The molecule has 0 aromatic heterocycles. The smallest absolute Gasteiger partial charge is 0.326 e. The molecule has 1 saturated heterocycles. The number of hydrogen-bond donors (Lipinski definition) is 4. The van der Waals surface area contributed by atoms with Crippen LogP contribution < -0.4 is 16.0 Å². The number of nitrogens with one attached hydrogen (secondary N) is 3. The van der Waals surface area contributed by atoms with Crippen molar-refractivity contribution in [1.82, 2.24) is 20.9 Å². The molecule has 0 saturated carbocycles. The van der Waals surface area contributed by atoms with Crippen LogP contribution in [0.3, 0.4) is 0 Å². The van der Waals surface area contributed by atoms with Crippen molar-refractivity contribution in [3.63, 3.8) is 0 Å². The molecule has 1 heterocycles. The van der Waals surface area contributed by atoms with Crippen LogP contribution in [0.1, 0.15) is 128 Å². The molecule has 4 amide bonds. The summed E-state index contributed by atoms with van der Waals surface area (Å²) in [5.74, 6) is -6.90. The summed E-state index contributed by atoms with van der Waals surface area (Å²) in [6.45, 7) is 21.9. The maximum absolute atomic E-state index is 13.8. The fourth-order valence-corrected chi connectivity index (χ4v) is 6.65. The number of carbonyl (C=O) groups is 8. The standard InChI is InChI=1S/C40H68N4O9/c1-13-27(19-32(46)34(23(7)8)42-36(48)26(12)21(3)4)37(49)43-35(24(9)10)33(47)20-28(22(5)6)38(50)41-29(14-2)31(45)18-25(11)39(51)44-17-15-16-30(44)40(52)53/h21-30,34-35H,13-20H2,1-12H3,(H,41,50)(H,42,48)(H,43,49)(H,52,53)/t25-,26+,27-,28+,29+,30+,34+,35+/m1/s1. The van der Waals surface area contributed by atoms with Crippen LogP contribution >= 0.6 is 0 Å². The molecule has 0 aliphatic carbocycles. The van der Waals surface area contributed by atoms with Crippen molar-refractivity contribution < 1.29 is 43.5 Å². The third-order valence-corrected chi connectivity index (χ3v) is 10.8. The number of hydrogen-bond acceptors (Lipinski definition) is 8. The van der Waals surface area contributed by atoms with Crippen molar-refractivity contribution in [2.45, 2.75) is 152 Å². The van der Waals surface area contributed by atoms with Crippen LogP contribution in [0, 0.1) is 47.3 Å². The van der Waals surface area contributed by atoms with Crippen LogP contribution in [-0.4, -0.2) is 87.7 Å². The second kappa shape index (κ2) is 21.9. The highest BCUT2D eigenvalue weighted by Crippen LogP contribution is 2.24. The molecule has 0 aromatic carbocycles. The van der Waals surface area contributed by atoms with Gasteiger partial charge in [-0.1, -0.05) is 83.1 Å². The van der Waals surface area contributed by atoms with Crippen LogP contribution in [0.25, 0.3) is 0 Å². The number of likely N-dealkylation sites (tertiary alicyclic amines) is 1. The quantitative estimate of drug-likeness (QED) is 0.118. The lowest BCUT2D eigenvalue weighted by atomic mass is 9.85. The minimum atomic E-state index is -1.07. The summed E-state index contributed by atoms with van der Waals surface area (Å²) in [6, 6.07) is -3.49. The van der Waals surface area contributed by atoms with E-state index in [1.54, 1.807) is 48.5 Å². The third-order valence-electron chi connectivity index (χ3n) is 10.8. The molecule has 0 bridgehead atoms. The highest BCUT2D eigenvalue weighted by Gasteiger charge is 2.38. The molecule has 13 nitrogen and oxygen atoms in total. The van der Waals surface area contributed by atoms with E-state index in [9.17, 15) is 43.5 Å². The van der Waals surface area contributed by atoms with Gasteiger partial charge in [0.1, 0.15) is 6.04 Å². The normalized spacial score (nSPS) is 18.6. The Kier molecular flexibility index (Phi) is 19.6. The van der Waals surface area contributed by atoms with E-state index in [1.807, 2.05) is 34.6 Å². The molecule has 1 aliphatic heterocycles. The van der Waals surface area contributed by atoms with Gasteiger partial charge in [-0.2, -0.15) is 0 Å². The van der Waals surface area contributed by atoms with E-state index in [0.29, 0.717) is 25.8 Å². The predicted octanol–water partition coefficient (Wildman–Crippen LogP) is 4.34. The SMILES string of the molecule is CC[C@H](CC(=O)[C@@H](NC(=O)[C@@H](C)C(C)C)C(C)C)C(=O)N[C@H](C(=O)C[C@H](C(=O)N[C@@H](CC)C(=O)C[C@@H](C)C(=O)N1CCC[C@H]1C(=O)O)C(C)C)C(C)C. The molecule has 0 radical (unpaired) electrons. The molecule has 0 spiro atoms. The van der Waals surface area contributed by atoms with Gasteiger partial charge in [0.15, 0.2) is 17.3 Å². The van der Waals surface area contributed by atoms with Crippen LogP contribution in [0.2, 0.25) is 0 Å². The molecule has 0 unspecified atom stereocenters. The van der Waals surface area contributed by atoms with E-state index in [2.05, 4.69) is 16.0 Å². The van der Waals surface area contributed by atoms with E-state index in [1.165, 1.54) is 4.90 Å². The zero-order valence-corrected chi connectivity index (χ0v) is 34.2. The van der Waals surface area contributed by atoms with Crippen LogP contribution in [0.15, 0.2) is 0 Å². The van der Waals surface area contributed by atoms with Crippen molar-refractivity contribution in [2.24, 2.45) is 47.3 Å². The second-order valence-electron chi connectivity index (χ2n) is 16.4. The molecule has 1 rings (SSSR count). The molecule has 8 atom stereocenters. The van der Waals surface area contributed by atoms with E-state index in [4.69, 9.17) is 0 Å². The van der Waals surface area contributed by atoms with E-state index in [-0.39, 0.29) is 78.5 Å². The summed E-state index contributed by atoms with van der Waals surface area (Å²) >= 11 is 0. The minimum absolute atomic E-state index is 0.0941. The maximum Gasteiger partial charge on any atom is 0.326 e. The topological polar surface area (TPSA) is 196 Å². The van der Waals surface area contributed by atoms with Gasteiger partial charge >= 0.3 is 5.97 Å². The Morgan fingerprint density at radius 1 is 0.623 bits per heavy atom. The molecule has 13 heteroatoms. The van der Waals surface area contributed by atoms with Crippen molar-refractivity contribution in [3.05, 3.63) is 0 Å². The number of amides is 4. The Balaban J connectivity index is 3.00. The first-order valence-electron chi connectivity index (χ1n) is 19.6. The molecular formula is C40H68N4O9. The number of aliphatic carboxylic acids is 1. The summed E-state index contributed by atoms with van der Waals surface area (Å²) in [5.41, 5.74) is 0. The van der Waals surface area contributed by atoms with Crippen molar-refractivity contribution in [3.8, 4) is 0 Å². The summed E-state index contributed by atoms with van der Waals surface area (Å²) < 4.78 is 0. The molecule has 4 N–H and O–H groups in total. The fourth-order valence-electron chi connectivity index (χ4n) is 6.65. The first-order valence-corrected chi connectivity index (χ1v) is 19.6. The number of carbonyl (C=O) groups excluding carboxylic acids is 7. The van der Waals surface area contributed by atoms with Gasteiger partial charge in [0.25, 0.3) is 0 Å². The summed E-state index contributed by atoms with van der Waals surface area (Å²) in [6.07, 6.45) is 1.06. The number of ketones is 3. The van der Waals surface area contributed by atoms with Gasteiger partial charge in [-0.3, -0.25) is 33.6 Å². The van der Waals surface area contributed by atoms with Crippen LogP contribution in [-0.2, 0) is 38.4 Å². The Morgan fingerprint density at radius 3 is 1.60 bits per heavy atom. The van der Waals surface area contributed by atoms with Crippen molar-refractivity contribution in [1.29, 1.82) is 0 Å².